The van der Waals surface area contributed by atoms with Gasteiger partial charge >= 0.3 is 0 Å². The van der Waals surface area contributed by atoms with Gasteiger partial charge in [0.15, 0.2) is 0 Å². The molecule has 0 radical (unpaired) electrons. The molecule has 1 heterocycles. The van der Waals surface area contributed by atoms with E-state index in [0.29, 0.717) is 5.54 Å². The molecule has 0 aromatic carbocycles. The van der Waals surface area contributed by atoms with Crippen molar-refractivity contribution in [2.45, 2.75) is 52.1 Å². The van der Waals surface area contributed by atoms with Crippen LogP contribution in [0.15, 0.2) is 15.9 Å². The minimum absolute atomic E-state index is 0.330. The number of rotatable bonds is 6. The standard InChI is InChI=1S/C12H20BrNS/c1-4-12(5-2,6-3)14-8-11-7-10(13)9-15-11/h7,9,14H,4-6,8H2,1-3H3. The van der Waals surface area contributed by atoms with Gasteiger partial charge in [-0.05, 0) is 41.3 Å². The highest BCUT2D eigenvalue weighted by molar-refractivity contribution is 9.10. The van der Waals surface area contributed by atoms with Crippen LogP contribution in [0.4, 0.5) is 0 Å². The molecule has 0 bridgehead atoms. The maximum absolute atomic E-state index is 3.70. The molecular weight excluding hydrogens is 270 g/mol. The fraction of sp³-hybridized carbons (Fsp3) is 0.667. The first kappa shape index (κ1) is 13.2. The van der Waals surface area contributed by atoms with Crippen molar-refractivity contribution in [1.29, 1.82) is 0 Å². The van der Waals surface area contributed by atoms with Gasteiger partial charge in [0, 0.05) is 26.8 Å². The van der Waals surface area contributed by atoms with E-state index in [9.17, 15) is 0 Å². The molecule has 86 valence electrons. The van der Waals surface area contributed by atoms with Crippen LogP contribution in [0, 0.1) is 0 Å². The Bertz CT molecular complexity index is 283. The molecule has 0 aliphatic rings. The van der Waals surface area contributed by atoms with Crippen molar-refractivity contribution >= 4 is 27.3 Å². The summed E-state index contributed by atoms with van der Waals surface area (Å²) < 4.78 is 1.19. The van der Waals surface area contributed by atoms with E-state index in [4.69, 9.17) is 0 Å². The van der Waals surface area contributed by atoms with Crippen molar-refractivity contribution in [3.8, 4) is 0 Å². The van der Waals surface area contributed by atoms with Crippen molar-refractivity contribution in [2.24, 2.45) is 0 Å². The Labute approximate surface area is 105 Å². The molecule has 0 saturated heterocycles. The fourth-order valence-electron chi connectivity index (χ4n) is 1.85. The number of nitrogens with one attached hydrogen (secondary N) is 1. The smallest absolute Gasteiger partial charge is 0.0305 e. The summed E-state index contributed by atoms with van der Waals surface area (Å²) >= 11 is 5.30. The molecule has 0 aliphatic carbocycles. The molecule has 1 aromatic heterocycles. The Morgan fingerprint density at radius 3 is 2.27 bits per heavy atom. The summed E-state index contributed by atoms with van der Waals surface area (Å²) in [6.45, 7) is 7.80. The molecule has 0 aliphatic heterocycles. The van der Waals surface area contributed by atoms with E-state index in [0.717, 1.165) is 6.54 Å². The van der Waals surface area contributed by atoms with Crippen LogP contribution in [0.25, 0.3) is 0 Å². The van der Waals surface area contributed by atoms with Gasteiger partial charge < -0.3 is 5.32 Å². The quantitative estimate of drug-likeness (QED) is 0.809. The third-order valence-electron chi connectivity index (χ3n) is 3.29. The molecule has 0 fully saturated rings. The first-order chi connectivity index (χ1) is 7.15. The number of thiophene rings is 1. The van der Waals surface area contributed by atoms with Gasteiger partial charge in [-0.3, -0.25) is 0 Å². The minimum atomic E-state index is 0.330. The van der Waals surface area contributed by atoms with Gasteiger partial charge in [0.2, 0.25) is 0 Å². The molecule has 0 amide bonds. The van der Waals surface area contributed by atoms with E-state index >= 15 is 0 Å². The van der Waals surface area contributed by atoms with E-state index in [1.807, 2.05) is 11.3 Å². The zero-order valence-electron chi connectivity index (χ0n) is 9.77. The molecule has 1 nitrogen and oxygen atoms in total. The monoisotopic (exact) mass is 289 g/mol. The number of halogens is 1. The second-order valence-electron chi connectivity index (χ2n) is 3.93. The summed E-state index contributed by atoms with van der Waals surface area (Å²) in [7, 11) is 0. The fourth-order valence-corrected chi connectivity index (χ4v) is 3.24. The number of hydrogen-bond donors (Lipinski definition) is 1. The third kappa shape index (κ3) is 3.58. The van der Waals surface area contributed by atoms with Crippen molar-refractivity contribution in [3.63, 3.8) is 0 Å². The summed E-state index contributed by atoms with van der Waals surface area (Å²) in [4.78, 5) is 1.40. The van der Waals surface area contributed by atoms with E-state index < -0.39 is 0 Å². The van der Waals surface area contributed by atoms with Gasteiger partial charge in [-0.1, -0.05) is 20.8 Å². The molecule has 0 atom stereocenters. The zero-order chi connectivity index (χ0) is 11.3. The van der Waals surface area contributed by atoms with Gasteiger partial charge in [-0.25, -0.2) is 0 Å². The Morgan fingerprint density at radius 1 is 1.27 bits per heavy atom. The van der Waals surface area contributed by atoms with Crippen molar-refractivity contribution < 1.29 is 0 Å². The molecule has 1 rings (SSSR count). The highest BCUT2D eigenvalue weighted by Gasteiger charge is 2.22. The van der Waals surface area contributed by atoms with E-state index in [1.165, 1.54) is 28.6 Å². The minimum Gasteiger partial charge on any atom is -0.306 e. The Morgan fingerprint density at radius 2 is 1.87 bits per heavy atom. The normalized spacial score (nSPS) is 12.0. The lowest BCUT2D eigenvalue weighted by Gasteiger charge is -2.31. The van der Waals surface area contributed by atoms with Gasteiger partial charge in [0.05, 0.1) is 0 Å². The van der Waals surface area contributed by atoms with Gasteiger partial charge in [0.25, 0.3) is 0 Å². The zero-order valence-corrected chi connectivity index (χ0v) is 12.2. The molecule has 15 heavy (non-hydrogen) atoms. The summed E-state index contributed by atoms with van der Waals surface area (Å²) in [5.41, 5.74) is 0.330. The summed E-state index contributed by atoms with van der Waals surface area (Å²) in [6.07, 6.45) is 3.60. The van der Waals surface area contributed by atoms with Crippen LogP contribution in [0.5, 0.6) is 0 Å². The molecule has 3 heteroatoms. The van der Waals surface area contributed by atoms with Crippen molar-refractivity contribution in [2.75, 3.05) is 0 Å². The Balaban J connectivity index is 2.54. The van der Waals surface area contributed by atoms with Crippen LogP contribution in [0.1, 0.15) is 44.9 Å². The second kappa shape index (κ2) is 6.02. The Kier molecular flexibility index (Phi) is 5.30. The highest BCUT2D eigenvalue weighted by Crippen LogP contribution is 2.23. The summed E-state index contributed by atoms with van der Waals surface area (Å²) in [6, 6.07) is 2.20. The molecule has 0 saturated carbocycles. The molecule has 0 unspecified atom stereocenters. The lowest BCUT2D eigenvalue weighted by atomic mass is 9.90. The molecule has 0 spiro atoms. The third-order valence-corrected chi connectivity index (χ3v) is 4.99. The number of hydrogen-bond acceptors (Lipinski definition) is 2. The van der Waals surface area contributed by atoms with Crippen LogP contribution in [0.3, 0.4) is 0 Å². The molecule has 1 N–H and O–H groups in total. The van der Waals surface area contributed by atoms with Crippen LogP contribution >= 0.6 is 27.3 Å². The topological polar surface area (TPSA) is 12.0 Å². The average Bonchev–Trinajstić information content (AvgIpc) is 2.67. The predicted octanol–water partition coefficient (Wildman–Crippen LogP) is 4.57. The van der Waals surface area contributed by atoms with Gasteiger partial charge in [-0.2, -0.15) is 0 Å². The van der Waals surface area contributed by atoms with Crippen LogP contribution in [0.2, 0.25) is 0 Å². The maximum Gasteiger partial charge on any atom is 0.0305 e. The first-order valence-corrected chi connectivity index (χ1v) is 7.31. The van der Waals surface area contributed by atoms with Gasteiger partial charge in [-0.15, -0.1) is 11.3 Å². The lowest BCUT2D eigenvalue weighted by Crippen LogP contribution is -2.42. The second-order valence-corrected chi connectivity index (χ2v) is 5.84. The maximum atomic E-state index is 3.70. The van der Waals surface area contributed by atoms with Crippen LogP contribution in [-0.4, -0.2) is 5.54 Å². The first-order valence-electron chi connectivity index (χ1n) is 5.63. The van der Waals surface area contributed by atoms with Crippen LogP contribution in [-0.2, 0) is 6.54 Å². The van der Waals surface area contributed by atoms with Gasteiger partial charge in [0.1, 0.15) is 0 Å². The van der Waals surface area contributed by atoms with Crippen molar-refractivity contribution in [1.82, 2.24) is 5.32 Å². The SMILES string of the molecule is CCC(CC)(CC)NCc1cc(Br)cs1. The lowest BCUT2D eigenvalue weighted by molar-refractivity contribution is 0.289. The van der Waals surface area contributed by atoms with Crippen LogP contribution < -0.4 is 5.32 Å². The largest absolute Gasteiger partial charge is 0.306 e. The summed E-state index contributed by atoms with van der Waals surface area (Å²) in [5, 5.41) is 5.84. The highest BCUT2D eigenvalue weighted by atomic mass is 79.9. The summed E-state index contributed by atoms with van der Waals surface area (Å²) in [5.74, 6) is 0. The Hall–Kier alpha value is 0.140. The molecular formula is C12H20BrNS. The average molecular weight is 290 g/mol. The predicted molar refractivity (Wildman–Crippen MR) is 72.5 cm³/mol. The van der Waals surface area contributed by atoms with Crippen molar-refractivity contribution in [3.05, 3.63) is 20.8 Å². The van der Waals surface area contributed by atoms with E-state index in [2.05, 4.69) is 53.5 Å². The van der Waals surface area contributed by atoms with E-state index in [1.54, 1.807) is 0 Å². The molecule has 1 aromatic rings. The van der Waals surface area contributed by atoms with E-state index in [-0.39, 0.29) is 0 Å².